The number of rotatable bonds is 7. The Kier molecular flexibility index (Phi) is 8.34. The summed E-state index contributed by atoms with van der Waals surface area (Å²) in [5.74, 6) is -0.260. The molecule has 1 fully saturated rings. The number of esters is 1. The highest BCUT2D eigenvalue weighted by atomic mass is 35.5. The van der Waals surface area contributed by atoms with Crippen molar-refractivity contribution in [1.29, 1.82) is 0 Å². The molecule has 2 aliphatic rings. The Bertz CT molecular complexity index is 1420. The van der Waals surface area contributed by atoms with Crippen molar-refractivity contribution in [3.8, 4) is 0 Å². The molecule has 1 N–H and O–H groups in total. The lowest BCUT2D eigenvalue weighted by Gasteiger charge is -2.39. The van der Waals surface area contributed by atoms with Crippen LogP contribution in [0.2, 0.25) is 10.0 Å². The number of hydrogen-bond donors (Lipinski definition) is 1. The van der Waals surface area contributed by atoms with E-state index in [4.69, 9.17) is 39.5 Å². The fourth-order valence-electron chi connectivity index (χ4n) is 5.50. The largest absolute Gasteiger partial charge is 0.462 e. The minimum Gasteiger partial charge on any atom is -0.462 e. The van der Waals surface area contributed by atoms with Crippen LogP contribution in [0.3, 0.4) is 0 Å². The van der Waals surface area contributed by atoms with Crippen LogP contribution in [-0.4, -0.2) is 28.1 Å². The summed E-state index contributed by atoms with van der Waals surface area (Å²) in [4.78, 5) is 24.7. The summed E-state index contributed by atoms with van der Waals surface area (Å²) in [7, 11) is 0. The van der Waals surface area contributed by atoms with Crippen LogP contribution >= 0.6 is 46.6 Å². The molecule has 1 aliphatic carbocycles. The zero-order valence-corrected chi connectivity index (χ0v) is 24.4. The fraction of sp³-hybridized carbons (Fsp3) is 0.345. The number of carbonyl (C=O) groups excluding carboxylic acids is 1. The predicted octanol–water partition coefficient (Wildman–Crippen LogP) is 8.75. The van der Waals surface area contributed by atoms with Gasteiger partial charge in [0.05, 0.1) is 33.4 Å². The van der Waals surface area contributed by atoms with Crippen molar-refractivity contribution in [3.05, 3.63) is 97.5 Å². The Morgan fingerprint density at radius 1 is 1.13 bits per heavy atom. The number of nitrogens with one attached hydrogen (secondary N) is 1. The smallest absolute Gasteiger partial charge is 0.338 e. The molecule has 1 saturated carbocycles. The molecule has 0 saturated heterocycles. The first-order valence-corrected chi connectivity index (χ1v) is 14.8. The molecule has 5 rings (SSSR count). The number of benzene rings is 3. The first-order chi connectivity index (χ1) is 18.6. The molecular weight excluding hydrogens is 579 g/mol. The molecule has 0 aromatic heterocycles. The third kappa shape index (κ3) is 5.73. The predicted molar refractivity (Wildman–Crippen MR) is 158 cm³/mol. The van der Waals surface area contributed by atoms with Gasteiger partial charge in [-0.05, 0) is 65.8 Å². The number of fused-ring (bicyclic) bond motifs is 3. The summed E-state index contributed by atoms with van der Waals surface area (Å²) in [5.41, 5.74) is 3.24. The fourth-order valence-corrected chi connectivity index (χ4v) is 7.97. The monoisotopic (exact) mass is 604 g/mol. The minimum atomic E-state index is -0.374. The van der Waals surface area contributed by atoms with Gasteiger partial charge in [0.15, 0.2) is 0 Å². The van der Waals surface area contributed by atoms with E-state index in [1.165, 1.54) is 17.8 Å². The normalized spacial score (nSPS) is 23.6. The van der Waals surface area contributed by atoms with E-state index in [9.17, 15) is 14.9 Å². The second-order valence-electron chi connectivity index (χ2n) is 10.3. The molecule has 5 atom stereocenters. The van der Waals surface area contributed by atoms with E-state index >= 15 is 0 Å². The van der Waals surface area contributed by atoms with Crippen molar-refractivity contribution in [2.75, 3.05) is 11.9 Å². The SMILES string of the molecule is CC(C)COC(=O)c1ccc2c(c1)C1C(Cl)C(Sc3ccccc3[N+](=O)[O-])CC1C(c1ccc(Cl)cc1Cl)N2. The number of para-hydroxylation sites is 1. The van der Waals surface area contributed by atoms with E-state index in [0.29, 0.717) is 33.5 Å². The molecular formula is C29H27Cl3N2O4S. The summed E-state index contributed by atoms with van der Waals surface area (Å²) >= 11 is 21.5. The van der Waals surface area contributed by atoms with E-state index < -0.39 is 0 Å². The lowest BCUT2D eigenvalue weighted by Crippen LogP contribution is -2.31. The number of thioether (sulfide) groups is 1. The Morgan fingerprint density at radius 3 is 2.62 bits per heavy atom. The van der Waals surface area contributed by atoms with Gasteiger partial charge in [0.1, 0.15) is 0 Å². The van der Waals surface area contributed by atoms with Crippen molar-refractivity contribution in [2.24, 2.45) is 11.8 Å². The molecule has 0 spiro atoms. The van der Waals surface area contributed by atoms with Gasteiger partial charge in [0.2, 0.25) is 0 Å². The van der Waals surface area contributed by atoms with E-state index in [0.717, 1.165) is 16.8 Å². The number of nitrogens with zero attached hydrogens (tertiary/aromatic N) is 1. The first kappa shape index (κ1) is 28.1. The number of hydrogen-bond acceptors (Lipinski definition) is 6. The highest BCUT2D eigenvalue weighted by molar-refractivity contribution is 8.00. The molecule has 1 heterocycles. The Hall–Kier alpha value is -2.45. The standard InChI is InChI=1S/C29H27Cl3N2O4S/c1-15(2)14-38-29(35)16-7-10-22-19(11-16)26-20(28(33-22)18-9-8-17(30)12-21(18)31)13-25(27(26)32)39-24-6-4-3-5-23(24)34(36)37/h3-12,15,20,25-28,33H,13-14H2,1-2H3. The van der Waals surface area contributed by atoms with Crippen LogP contribution in [0.25, 0.3) is 0 Å². The molecule has 10 heteroatoms. The Morgan fingerprint density at radius 2 is 1.90 bits per heavy atom. The summed E-state index contributed by atoms with van der Waals surface area (Å²) in [6.45, 7) is 4.31. The van der Waals surface area contributed by atoms with Gasteiger partial charge >= 0.3 is 5.97 Å². The quantitative estimate of drug-likeness (QED) is 0.125. The highest BCUT2D eigenvalue weighted by Gasteiger charge is 2.51. The van der Waals surface area contributed by atoms with Crippen molar-refractivity contribution in [1.82, 2.24) is 0 Å². The molecule has 1 aliphatic heterocycles. The van der Waals surface area contributed by atoms with E-state index in [-0.39, 0.29) is 51.0 Å². The van der Waals surface area contributed by atoms with Crippen molar-refractivity contribution in [3.63, 3.8) is 0 Å². The number of carbonyl (C=O) groups is 1. The van der Waals surface area contributed by atoms with Crippen LogP contribution in [0.4, 0.5) is 11.4 Å². The van der Waals surface area contributed by atoms with Crippen LogP contribution in [0.5, 0.6) is 0 Å². The van der Waals surface area contributed by atoms with Gasteiger partial charge in [0, 0.05) is 33.0 Å². The summed E-state index contributed by atoms with van der Waals surface area (Å²) in [6, 6.07) is 17.5. The molecule has 6 nitrogen and oxygen atoms in total. The molecule has 0 radical (unpaired) electrons. The van der Waals surface area contributed by atoms with Gasteiger partial charge < -0.3 is 10.1 Å². The maximum absolute atomic E-state index is 12.8. The van der Waals surface area contributed by atoms with Gasteiger partial charge in [0.25, 0.3) is 5.69 Å². The number of alkyl halides is 1. The van der Waals surface area contributed by atoms with Crippen LogP contribution < -0.4 is 5.32 Å². The molecule has 5 unspecified atom stereocenters. The second-order valence-corrected chi connectivity index (χ2v) is 13.0. The van der Waals surface area contributed by atoms with Crippen molar-refractivity contribution in [2.45, 2.75) is 47.8 Å². The van der Waals surface area contributed by atoms with Gasteiger partial charge in [-0.3, -0.25) is 10.1 Å². The third-order valence-corrected chi connectivity index (χ3v) is 9.91. The molecule has 0 amide bonds. The maximum atomic E-state index is 12.8. The van der Waals surface area contributed by atoms with Crippen molar-refractivity contribution < 1.29 is 14.5 Å². The number of anilines is 1. The van der Waals surface area contributed by atoms with Crippen molar-refractivity contribution >= 4 is 63.9 Å². The number of ether oxygens (including phenoxy) is 1. The van der Waals surface area contributed by atoms with E-state index in [2.05, 4.69) is 5.32 Å². The Balaban J connectivity index is 1.54. The molecule has 39 heavy (non-hydrogen) atoms. The molecule has 3 aromatic rings. The van der Waals surface area contributed by atoms with Crippen LogP contribution in [0.15, 0.2) is 65.6 Å². The van der Waals surface area contributed by atoms with Crippen LogP contribution in [0.1, 0.15) is 53.7 Å². The average molecular weight is 606 g/mol. The van der Waals surface area contributed by atoms with E-state index in [1.807, 2.05) is 38.1 Å². The van der Waals surface area contributed by atoms with Crippen LogP contribution in [-0.2, 0) is 4.74 Å². The lowest BCUT2D eigenvalue weighted by molar-refractivity contribution is -0.387. The topological polar surface area (TPSA) is 81.5 Å². The highest BCUT2D eigenvalue weighted by Crippen LogP contribution is 2.58. The van der Waals surface area contributed by atoms with Gasteiger partial charge in [-0.1, -0.05) is 55.2 Å². The van der Waals surface area contributed by atoms with Crippen LogP contribution in [0, 0.1) is 22.0 Å². The minimum absolute atomic E-state index is 0.0147. The van der Waals surface area contributed by atoms with Gasteiger partial charge in [-0.15, -0.1) is 23.4 Å². The number of nitro benzene ring substituents is 1. The lowest BCUT2D eigenvalue weighted by atomic mass is 9.77. The molecule has 0 bridgehead atoms. The summed E-state index contributed by atoms with van der Waals surface area (Å²) in [6.07, 6.45) is 0.688. The van der Waals surface area contributed by atoms with E-state index in [1.54, 1.807) is 30.3 Å². The van der Waals surface area contributed by atoms with Gasteiger partial charge in [-0.25, -0.2) is 4.79 Å². The zero-order valence-electron chi connectivity index (χ0n) is 21.3. The third-order valence-electron chi connectivity index (χ3n) is 7.24. The summed E-state index contributed by atoms with van der Waals surface area (Å²) < 4.78 is 5.48. The average Bonchev–Trinajstić information content (AvgIpc) is 3.23. The Labute approximate surface area is 246 Å². The molecule has 3 aromatic carbocycles. The number of halogens is 3. The summed E-state index contributed by atoms with van der Waals surface area (Å²) in [5, 5.41) is 16.0. The molecule has 204 valence electrons. The zero-order chi connectivity index (χ0) is 27.8. The maximum Gasteiger partial charge on any atom is 0.338 e. The van der Waals surface area contributed by atoms with Gasteiger partial charge in [-0.2, -0.15) is 0 Å². The number of nitro groups is 1. The second kappa shape index (κ2) is 11.6. The first-order valence-electron chi connectivity index (χ1n) is 12.7.